The van der Waals surface area contributed by atoms with Gasteiger partial charge in [0.1, 0.15) is 5.82 Å². The number of hydrogen-bond acceptors (Lipinski definition) is 3. The summed E-state index contributed by atoms with van der Waals surface area (Å²) >= 11 is 0. The third-order valence-electron chi connectivity index (χ3n) is 1.85. The van der Waals surface area contributed by atoms with E-state index in [4.69, 9.17) is 17.9 Å². The summed E-state index contributed by atoms with van der Waals surface area (Å²) in [6.07, 6.45) is 5.28. The van der Waals surface area contributed by atoms with Crippen molar-refractivity contribution in [2.45, 2.75) is 13.8 Å². The quantitative estimate of drug-likeness (QED) is 0.554. The molecule has 0 aromatic carbocycles. The third kappa shape index (κ3) is 1.08. The van der Waals surface area contributed by atoms with Gasteiger partial charge in [0.25, 0.3) is 0 Å². The van der Waals surface area contributed by atoms with Crippen molar-refractivity contribution >= 4 is 11.5 Å². The molecule has 0 saturated heterocycles. The predicted molar refractivity (Wildman–Crippen MR) is 50.5 cm³/mol. The molecule has 0 fully saturated rings. The van der Waals surface area contributed by atoms with Gasteiger partial charge >= 0.3 is 0 Å². The van der Waals surface area contributed by atoms with Crippen LogP contribution in [0.1, 0.15) is 16.8 Å². The topological polar surface area (TPSA) is 64.9 Å². The number of nitrogen functional groups attached to an aromatic ring is 2. The lowest BCUT2D eigenvalue weighted by molar-refractivity contribution is 1.17. The SMILES string of the molecule is C#Cc1c(C)nc(N)c(N)c1C. The molecule has 0 bridgehead atoms. The Balaban J connectivity index is 3.54. The van der Waals surface area contributed by atoms with Crippen LogP contribution >= 0.6 is 0 Å². The van der Waals surface area contributed by atoms with Crippen LogP contribution in [0.2, 0.25) is 0 Å². The number of aryl methyl sites for hydroxylation is 1. The van der Waals surface area contributed by atoms with E-state index < -0.39 is 0 Å². The van der Waals surface area contributed by atoms with E-state index in [-0.39, 0.29) is 0 Å². The first-order valence-corrected chi connectivity index (χ1v) is 3.56. The highest BCUT2D eigenvalue weighted by molar-refractivity contribution is 5.68. The smallest absolute Gasteiger partial charge is 0.147 e. The van der Waals surface area contributed by atoms with Crippen LogP contribution in [0.4, 0.5) is 11.5 Å². The van der Waals surface area contributed by atoms with E-state index in [9.17, 15) is 0 Å². The van der Waals surface area contributed by atoms with E-state index in [1.807, 2.05) is 13.8 Å². The molecule has 0 spiro atoms. The van der Waals surface area contributed by atoms with Gasteiger partial charge in [-0.1, -0.05) is 5.92 Å². The van der Waals surface area contributed by atoms with E-state index in [0.717, 1.165) is 16.8 Å². The fraction of sp³-hybridized carbons (Fsp3) is 0.222. The maximum absolute atomic E-state index is 5.64. The van der Waals surface area contributed by atoms with Crippen molar-refractivity contribution in [2.24, 2.45) is 0 Å². The van der Waals surface area contributed by atoms with Crippen LogP contribution < -0.4 is 11.5 Å². The number of anilines is 2. The maximum Gasteiger partial charge on any atom is 0.147 e. The van der Waals surface area contributed by atoms with Gasteiger partial charge in [-0.05, 0) is 19.4 Å². The van der Waals surface area contributed by atoms with E-state index in [0.29, 0.717) is 11.5 Å². The first kappa shape index (κ1) is 8.41. The Labute approximate surface area is 71.8 Å². The zero-order valence-corrected chi connectivity index (χ0v) is 7.18. The average Bonchev–Trinajstić information content (AvgIpc) is 2.01. The van der Waals surface area contributed by atoms with Crippen LogP contribution in [0.15, 0.2) is 0 Å². The molecule has 1 aromatic heterocycles. The molecule has 4 N–H and O–H groups in total. The molecule has 1 aromatic rings. The van der Waals surface area contributed by atoms with Crippen LogP contribution in [-0.4, -0.2) is 4.98 Å². The van der Waals surface area contributed by atoms with E-state index in [1.165, 1.54) is 0 Å². The number of hydrogen-bond donors (Lipinski definition) is 2. The molecule has 0 unspecified atom stereocenters. The zero-order valence-electron chi connectivity index (χ0n) is 7.18. The predicted octanol–water partition coefficient (Wildman–Crippen LogP) is 0.844. The Morgan fingerprint density at radius 3 is 2.42 bits per heavy atom. The highest BCUT2D eigenvalue weighted by Gasteiger charge is 2.07. The van der Waals surface area contributed by atoms with Crippen LogP contribution in [0.3, 0.4) is 0 Å². The molecule has 0 atom stereocenters. The number of nitrogens with two attached hydrogens (primary N) is 2. The molecular formula is C9H11N3. The van der Waals surface area contributed by atoms with Crippen LogP contribution in [0.25, 0.3) is 0 Å². The molecule has 1 heterocycles. The second-order valence-electron chi connectivity index (χ2n) is 2.64. The highest BCUT2D eigenvalue weighted by atomic mass is 14.9. The summed E-state index contributed by atoms with van der Waals surface area (Å²) in [5.41, 5.74) is 14.0. The molecule has 0 saturated carbocycles. The fourth-order valence-corrected chi connectivity index (χ4v) is 1.11. The Hall–Kier alpha value is -1.69. The molecule has 12 heavy (non-hydrogen) atoms. The molecule has 0 radical (unpaired) electrons. The van der Waals surface area contributed by atoms with Gasteiger partial charge < -0.3 is 11.5 Å². The normalized spacial score (nSPS) is 9.42. The minimum atomic E-state index is 0.351. The van der Waals surface area contributed by atoms with Crippen LogP contribution in [0, 0.1) is 26.2 Å². The number of terminal acetylenes is 1. The summed E-state index contributed by atoms with van der Waals surface area (Å²) in [7, 11) is 0. The first-order chi connectivity index (χ1) is 5.57. The van der Waals surface area contributed by atoms with E-state index in [2.05, 4.69) is 10.9 Å². The molecular weight excluding hydrogens is 150 g/mol. The van der Waals surface area contributed by atoms with Crippen molar-refractivity contribution < 1.29 is 0 Å². The minimum Gasteiger partial charge on any atom is -0.395 e. The number of rotatable bonds is 0. The lowest BCUT2D eigenvalue weighted by Crippen LogP contribution is -2.04. The summed E-state index contributed by atoms with van der Waals surface area (Å²) in [5, 5.41) is 0. The van der Waals surface area contributed by atoms with Crippen molar-refractivity contribution in [3.05, 3.63) is 16.8 Å². The molecule has 62 valence electrons. The first-order valence-electron chi connectivity index (χ1n) is 3.56. The van der Waals surface area contributed by atoms with Crippen LogP contribution in [-0.2, 0) is 0 Å². The zero-order chi connectivity index (χ0) is 9.30. The summed E-state index contributed by atoms with van der Waals surface area (Å²) < 4.78 is 0. The molecule has 3 heteroatoms. The largest absolute Gasteiger partial charge is 0.395 e. The number of pyridine rings is 1. The summed E-state index contributed by atoms with van der Waals surface area (Å²) in [4.78, 5) is 4.02. The van der Waals surface area contributed by atoms with Gasteiger partial charge in [-0.15, -0.1) is 6.42 Å². The Morgan fingerprint density at radius 1 is 1.33 bits per heavy atom. The minimum absolute atomic E-state index is 0.351. The second kappa shape index (κ2) is 2.74. The van der Waals surface area contributed by atoms with Crippen molar-refractivity contribution in [3.63, 3.8) is 0 Å². The van der Waals surface area contributed by atoms with Crippen molar-refractivity contribution in [3.8, 4) is 12.3 Å². The van der Waals surface area contributed by atoms with Crippen molar-refractivity contribution in [1.82, 2.24) is 4.98 Å². The molecule has 0 aliphatic rings. The highest BCUT2D eigenvalue weighted by Crippen LogP contribution is 2.22. The van der Waals surface area contributed by atoms with Gasteiger partial charge in [-0.2, -0.15) is 0 Å². The van der Waals surface area contributed by atoms with Crippen molar-refractivity contribution in [1.29, 1.82) is 0 Å². The van der Waals surface area contributed by atoms with Crippen molar-refractivity contribution in [2.75, 3.05) is 11.5 Å². The van der Waals surface area contributed by atoms with Gasteiger partial charge in [0, 0.05) is 0 Å². The third-order valence-corrected chi connectivity index (χ3v) is 1.85. The molecule has 0 aliphatic heterocycles. The summed E-state index contributed by atoms with van der Waals surface area (Å²) in [6.45, 7) is 3.66. The standard InChI is InChI=1S/C9H11N3/c1-4-7-5(2)8(10)9(11)12-6(7)3/h1H,10H2,2-3H3,(H2,11,12). The monoisotopic (exact) mass is 161 g/mol. The number of aromatic nitrogens is 1. The van der Waals surface area contributed by atoms with E-state index in [1.54, 1.807) is 0 Å². The molecule has 0 amide bonds. The molecule has 1 rings (SSSR count). The van der Waals surface area contributed by atoms with E-state index >= 15 is 0 Å². The molecule has 0 aliphatic carbocycles. The van der Waals surface area contributed by atoms with Gasteiger partial charge in [0.2, 0.25) is 0 Å². The van der Waals surface area contributed by atoms with Gasteiger partial charge in [-0.25, -0.2) is 4.98 Å². The Bertz CT molecular complexity index is 361. The molecule has 3 nitrogen and oxygen atoms in total. The van der Waals surface area contributed by atoms with Gasteiger partial charge in [0.05, 0.1) is 16.9 Å². The average molecular weight is 161 g/mol. The van der Waals surface area contributed by atoms with Gasteiger partial charge in [0.15, 0.2) is 0 Å². The fourth-order valence-electron chi connectivity index (χ4n) is 1.11. The second-order valence-corrected chi connectivity index (χ2v) is 2.64. The van der Waals surface area contributed by atoms with Crippen LogP contribution in [0.5, 0.6) is 0 Å². The summed E-state index contributed by atoms with van der Waals surface area (Å²) in [6, 6.07) is 0. The lowest BCUT2D eigenvalue weighted by Gasteiger charge is -2.08. The maximum atomic E-state index is 5.64. The Morgan fingerprint density at radius 2 is 1.92 bits per heavy atom. The van der Waals surface area contributed by atoms with Gasteiger partial charge in [-0.3, -0.25) is 0 Å². The lowest BCUT2D eigenvalue weighted by atomic mass is 10.1. The summed E-state index contributed by atoms with van der Waals surface area (Å²) in [5.74, 6) is 2.88. The number of nitrogens with zero attached hydrogens (tertiary/aromatic N) is 1. The Kier molecular flexibility index (Phi) is 1.92.